The second-order valence-electron chi connectivity index (χ2n) is 14.5. The first kappa shape index (κ1) is 33.5. The fraction of sp³-hybridized carbons (Fsp3) is 0.0192. The quantitative estimate of drug-likeness (QED) is 0.169. The molecule has 0 radical (unpaired) electrons. The molecule has 4 heterocycles. The maximum Gasteiger partial charge on any atom is 0.160 e. The van der Waals surface area contributed by atoms with E-state index >= 15 is 0 Å². The largest absolute Gasteiger partial charge is 0.264 e. The second kappa shape index (κ2) is 13.7. The minimum Gasteiger partial charge on any atom is -0.264 e. The van der Waals surface area contributed by atoms with Gasteiger partial charge in [-0.15, -0.1) is 22.7 Å². The Morgan fingerprint density at radius 3 is 1.54 bits per heavy atom. The first-order chi connectivity index (χ1) is 28.1. The monoisotopic (exact) mass is 763 g/mol. The van der Waals surface area contributed by atoms with Gasteiger partial charge < -0.3 is 0 Å². The molecular formula is C52H33N3S2. The molecule has 0 aliphatic rings. The first-order valence-corrected chi connectivity index (χ1v) is 20.7. The number of pyridine rings is 1. The highest BCUT2D eigenvalue weighted by molar-refractivity contribution is 7.26. The van der Waals surface area contributed by atoms with E-state index in [2.05, 4.69) is 176 Å². The van der Waals surface area contributed by atoms with Crippen molar-refractivity contribution in [3.63, 3.8) is 0 Å². The molecule has 0 atom stereocenters. The van der Waals surface area contributed by atoms with E-state index in [-0.39, 0.29) is 0 Å². The van der Waals surface area contributed by atoms with Gasteiger partial charge in [0.05, 0.1) is 11.4 Å². The zero-order chi connectivity index (χ0) is 37.9. The van der Waals surface area contributed by atoms with E-state index < -0.39 is 0 Å². The lowest BCUT2D eigenvalue weighted by Crippen LogP contribution is -1.97. The molecule has 7 aromatic carbocycles. The molecule has 0 fully saturated rings. The summed E-state index contributed by atoms with van der Waals surface area (Å²) in [7, 11) is 0. The van der Waals surface area contributed by atoms with Crippen molar-refractivity contribution < 1.29 is 0 Å². The van der Waals surface area contributed by atoms with Crippen LogP contribution in [0.1, 0.15) is 5.56 Å². The van der Waals surface area contributed by atoms with Gasteiger partial charge in [-0.3, -0.25) is 4.98 Å². The van der Waals surface area contributed by atoms with Crippen LogP contribution in [0.3, 0.4) is 0 Å². The van der Waals surface area contributed by atoms with Crippen LogP contribution in [0.5, 0.6) is 0 Å². The Hall–Kier alpha value is -6.79. The maximum atomic E-state index is 5.35. The topological polar surface area (TPSA) is 38.7 Å². The molecule has 0 saturated heterocycles. The fourth-order valence-corrected chi connectivity index (χ4v) is 10.2. The number of rotatable bonds is 6. The third kappa shape index (κ3) is 6.09. The van der Waals surface area contributed by atoms with Crippen molar-refractivity contribution in [1.29, 1.82) is 0 Å². The van der Waals surface area contributed by atoms with E-state index in [0.717, 1.165) is 50.3 Å². The number of thiophene rings is 2. The molecule has 0 bridgehead atoms. The molecule has 11 rings (SSSR count). The summed E-state index contributed by atoms with van der Waals surface area (Å²) < 4.78 is 5.20. The van der Waals surface area contributed by atoms with Crippen molar-refractivity contribution in [2.75, 3.05) is 0 Å². The Morgan fingerprint density at radius 2 is 0.912 bits per heavy atom. The van der Waals surface area contributed by atoms with Crippen LogP contribution in [0.15, 0.2) is 182 Å². The molecule has 0 aliphatic heterocycles. The summed E-state index contributed by atoms with van der Waals surface area (Å²) in [5.74, 6) is 0.688. The zero-order valence-electron chi connectivity index (χ0n) is 31.0. The van der Waals surface area contributed by atoms with Crippen molar-refractivity contribution >= 4 is 63.0 Å². The molecule has 0 aliphatic carbocycles. The highest BCUT2D eigenvalue weighted by Crippen LogP contribution is 2.41. The Balaban J connectivity index is 1.12. The molecule has 0 amide bonds. The van der Waals surface area contributed by atoms with Crippen molar-refractivity contribution in [2.24, 2.45) is 0 Å². The Morgan fingerprint density at radius 1 is 0.368 bits per heavy atom. The van der Waals surface area contributed by atoms with Crippen molar-refractivity contribution in [3.8, 4) is 67.3 Å². The predicted molar refractivity (Wildman–Crippen MR) is 243 cm³/mol. The Bertz CT molecular complexity index is 3170. The van der Waals surface area contributed by atoms with Crippen molar-refractivity contribution in [2.45, 2.75) is 6.92 Å². The molecule has 11 aromatic rings. The minimum atomic E-state index is 0.688. The number of fused-ring (bicyclic) bond motifs is 6. The molecule has 0 unspecified atom stereocenters. The van der Waals surface area contributed by atoms with Gasteiger partial charge in [0.2, 0.25) is 0 Å². The number of nitrogens with zero attached hydrogens (tertiary/aromatic N) is 3. The molecule has 0 saturated carbocycles. The molecule has 3 nitrogen and oxygen atoms in total. The average Bonchev–Trinajstić information content (AvgIpc) is 3.84. The molecule has 0 spiro atoms. The van der Waals surface area contributed by atoms with Crippen LogP contribution in [0.2, 0.25) is 0 Å². The summed E-state index contributed by atoms with van der Waals surface area (Å²) in [4.78, 5) is 14.9. The first-order valence-electron chi connectivity index (χ1n) is 19.1. The van der Waals surface area contributed by atoms with Gasteiger partial charge in [-0.1, -0.05) is 103 Å². The van der Waals surface area contributed by atoms with Crippen LogP contribution in [0, 0.1) is 6.92 Å². The van der Waals surface area contributed by atoms with E-state index in [9.17, 15) is 0 Å². The minimum absolute atomic E-state index is 0.688. The average molecular weight is 764 g/mol. The summed E-state index contributed by atoms with van der Waals surface area (Å²) in [6, 6.07) is 61.3. The van der Waals surface area contributed by atoms with Gasteiger partial charge in [0.15, 0.2) is 5.82 Å². The van der Waals surface area contributed by atoms with Gasteiger partial charge >= 0.3 is 0 Å². The van der Waals surface area contributed by atoms with Crippen molar-refractivity contribution in [1.82, 2.24) is 15.0 Å². The van der Waals surface area contributed by atoms with E-state index in [0.29, 0.717) is 5.82 Å². The summed E-state index contributed by atoms with van der Waals surface area (Å²) in [5.41, 5.74) is 12.9. The highest BCUT2D eigenvalue weighted by atomic mass is 32.1. The van der Waals surface area contributed by atoms with Gasteiger partial charge in [0, 0.05) is 69.4 Å². The second-order valence-corrected chi connectivity index (χ2v) is 16.7. The van der Waals surface area contributed by atoms with Crippen LogP contribution < -0.4 is 0 Å². The highest BCUT2D eigenvalue weighted by Gasteiger charge is 2.16. The normalized spacial score (nSPS) is 11.6. The Labute approximate surface area is 338 Å². The summed E-state index contributed by atoms with van der Waals surface area (Å²) in [5, 5.41) is 5.16. The zero-order valence-corrected chi connectivity index (χ0v) is 32.6. The number of benzene rings is 7. The molecule has 4 aromatic heterocycles. The molecule has 57 heavy (non-hydrogen) atoms. The van der Waals surface area contributed by atoms with Crippen LogP contribution in [0.25, 0.3) is 108 Å². The molecule has 5 heteroatoms. The van der Waals surface area contributed by atoms with Crippen molar-refractivity contribution in [3.05, 3.63) is 188 Å². The smallest absolute Gasteiger partial charge is 0.160 e. The number of aryl methyl sites for hydroxylation is 1. The summed E-state index contributed by atoms with van der Waals surface area (Å²) in [6.45, 7) is 2.15. The number of hydrogen-bond acceptors (Lipinski definition) is 5. The van der Waals surface area contributed by atoms with Crippen LogP contribution in [-0.4, -0.2) is 15.0 Å². The third-order valence-electron chi connectivity index (χ3n) is 10.9. The fourth-order valence-electron chi connectivity index (χ4n) is 7.99. The SMILES string of the molecule is Cc1ccccc1-c1cc(-c2cc(-c3ccc4sc5ccccc5c4c3)cc(-c3ccc4sc5ccccc5c4c3)c2)nc(-c2ccc(-c3cccnc3)cc2)n1. The lowest BCUT2D eigenvalue weighted by atomic mass is 9.93. The van der Waals surface area contributed by atoms with E-state index in [1.807, 2.05) is 34.9 Å². The van der Waals surface area contributed by atoms with E-state index in [4.69, 9.17) is 9.97 Å². The number of hydrogen-bond donors (Lipinski definition) is 0. The van der Waals surface area contributed by atoms with Crippen LogP contribution in [0.4, 0.5) is 0 Å². The summed E-state index contributed by atoms with van der Waals surface area (Å²) in [6.07, 6.45) is 3.69. The van der Waals surface area contributed by atoms with Crippen LogP contribution >= 0.6 is 22.7 Å². The predicted octanol–water partition coefficient (Wildman–Crippen LogP) is 14.9. The van der Waals surface area contributed by atoms with Crippen LogP contribution in [-0.2, 0) is 0 Å². The molecule has 0 N–H and O–H groups in total. The lowest BCUT2D eigenvalue weighted by molar-refractivity contribution is 1.18. The van der Waals surface area contributed by atoms with Gasteiger partial charge in [0.1, 0.15) is 0 Å². The van der Waals surface area contributed by atoms with E-state index in [1.54, 1.807) is 6.20 Å². The molecular weight excluding hydrogens is 731 g/mol. The van der Waals surface area contributed by atoms with Gasteiger partial charge in [-0.05, 0) is 113 Å². The lowest BCUT2D eigenvalue weighted by Gasteiger charge is -2.14. The third-order valence-corrected chi connectivity index (χ3v) is 13.2. The standard InChI is InChI=1S/C52H33N3S2/c1-32-9-2-3-11-41(32)47-30-46(54-52(55-47)34-18-16-33(17-19-34)37-10-8-24-53-31-37)40-26-38(35-20-22-50-44(28-35)42-12-4-6-14-48(42)56-50)25-39(27-40)36-21-23-51-45(29-36)43-13-5-7-15-49(43)57-51/h2-31H,1H3. The van der Waals surface area contributed by atoms with Gasteiger partial charge in [0.25, 0.3) is 0 Å². The molecule has 268 valence electrons. The van der Waals surface area contributed by atoms with Gasteiger partial charge in [-0.25, -0.2) is 9.97 Å². The maximum absolute atomic E-state index is 5.35. The Kier molecular flexibility index (Phi) is 8.09. The summed E-state index contributed by atoms with van der Waals surface area (Å²) >= 11 is 3.70. The number of aromatic nitrogens is 3. The van der Waals surface area contributed by atoms with E-state index in [1.165, 1.54) is 57.0 Å². The van der Waals surface area contributed by atoms with Gasteiger partial charge in [-0.2, -0.15) is 0 Å².